The summed E-state index contributed by atoms with van der Waals surface area (Å²) in [6, 6.07) is 13.2. The van der Waals surface area contributed by atoms with Crippen LogP contribution in [0.4, 0.5) is 11.4 Å². The van der Waals surface area contributed by atoms with Crippen LogP contribution in [0.1, 0.15) is 31.4 Å². The quantitative estimate of drug-likeness (QED) is 0.194. The number of nitrogens with zero attached hydrogens (tertiary/aromatic N) is 3. The lowest BCUT2D eigenvalue weighted by Gasteiger charge is -2.32. The maximum absolute atomic E-state index is 14.0. The lowest BCUT2D eigenvalue weighted by Crippen LogP contribution is -2.51. The van der Waals surface area contributed by atoms with Crippen molar-refractivity contribution in [3.05, 3.63) is 92.0 Å². The Morgan fingerprint density at radius 1 is 1.07 bits per heavy atom. The lowest BCUT2D eigenvalue weighted by molar-refractivity contribution is -0.385. The van der Waals surface area contributed by atoms with Gasteiger partial charge in [0.25, 0.3) is 15.7 Å². The Balaban J connectivity index is 2.10. The third kappa shape index (κ3) is 8.15. The summed E-state index contributed by atoms with van der Waals surface area (Å²) < 4.78 is 34.1. The lowest BCUT2D eigenvalue weighted by atomic mass is 10.1. The minimum absolute atomic E-state index is 0.102. The first kappa shape index (κ1) is 33.6. The van der Waals surface area contributed by atoms with E-state index >= 15 is 0 Å². The average molecular weight is 652 g/mol. The number of carbonyl (C=O) groups is 2. The largest absolute Gasteiger partial charge is 0.497 e. The Morgan fingerprint density at radius 3 is 2.33 bits per heavy atom. The van der Waals surface area contributed by atoms with Crippen LogP contribution in [0.15, 0.2) is 65.6 Å². The molecule has 0 bridgehead atoms. The van der Waals surface area contributed by atoms with Gasteiger partial charge in [0.05, 0.1) is 22.6 Å². The summed E-state index contributed by atoms with van der Waals surface area (Å²) in [6.45, 7) is 4.43. The van der Waals surface area contributed by atoms with Crippen LogP contribution in [0.2, 0.25) is 10.0 Å². The molecule has 3 aromatic carbocycles. The molecule has 230 valence electrons. The van der Waals surface area contributed by atoms with E-state index in [0.29, 0.717) is 29.3 Å². The van der Waals surface area contributed by atoms with Crippen LogP contribution in [0.3, 0.4) is 0 Å². The van der Waals surface area contributed by atoms with Crippen molar-refractivity contribution in [2.75, 3.05) is 24.5 Å². The van der Waals surface area contributed by atoms with Crippen LogP contribution in [-0.4, -0.2) is 56.3 Å². The van der Waals surface area contributed by atoms with Gasteiger partial charge in [0.2, 0.25) is 11.8 Å². The average Bonchev–Trinajstić information content (AvgIpc) is 2.97. The summed E-state index contributed by atoms with van der Waals surface area (Å²) in [5.74, 6) is -0.710. The molecule has 0 aliphatic heterocycles. The molecule has 0 heterocycles. The van der Waals surface area contributed by atoms with Crippen molar-refractivity contribution in [2.45, 2.75) is 44.7 Å². The van der Waals surface area contributed by atoms with Crippen molar-refractivity contribution in [3.63, 3.8) is 0 Å². The smallest absolute Gasteiger partial charge is 0.273 e. The van der Waals surface area contributed by atoms with E-state index in [1.54, 1.807) is 12.1 Å². The number of benzene rings is 3. The second-order valence-electron chi connectivity index (χ2n) is 9.64. The van der Waals surface area contributed by atoms with E-state index in [1.807, 2.05) is 6.92 Å². The predicted molar refractivity (Wildman–Crippen MR) is 165 cm³/mol. The van der Waals surface area contributed by atoms with Gasteiger partial charge in [-0.2, -0.15) is 0 Å². The van der Waals surface area contributed by atoms with Gasteiger partial charge in [0, 0.05) is 34.8 Å². The molecule has 11 nitrogen and oxygen atoms in total. The fourth-order valence-corrected chi connectivity index (χ4v) is 6.07. The number of amides is 2. The zero-order chi connectivity index (χ0) is 31.9. The van der Waals surface area contributed by atoms with Gasteiger partial charge in [0.15, 0.2) is 0 Å². The van der Waals surface area contributed by atoms with Gasteiger partial charge < -0.3 is 15.0 Å². The monoisotopic (exact) mass is 650 g/mol. The van der Waals surface area contributed by atoms with Crippen molar-refractivity contribution < 1.29 is 27.7 Å². The highest BCUT2D eigenvalue weighted by atomic mass is 35.5. The van der Waals surface area contributed by atoms with Crippen LogP contribution in [0.25, 0.3) is 0 Å². The van der Waals surface area contributed by atoms with Gasteiger partial charge in [-0.3, -0.25) is 24.0 Å². The van der Waals surface area contributed by atoms with Crippen molar-refractivity contribution in [3.8, 4) is 5.75 Å². The number of nitro benzene ring substituents is 1. The number of carbonyl (C=O) groups excluding carboxylic acids is 2. The molecular weight excluding hydrogens is 619 g/mol. The SMILES string of the molecule is CCCNC(=O)C(C)N(Cc1ccc(Cl)cc1Cl)C(=O)CN(c1ccc(OC)cc1)S(=O)(=O)c1ccc(C)c([N+](=O)[O-])c1. The molecule has 1 atom stereocenters. The number of ether oxygens (including phenoxy) is 1. The number of aryl methyl sites for hydroxylation is 1. The summed E-state index contributed by atoms with van der Waals surface area (Å²) in [6.07, 6.45) is 0.668. The van der Waals surface area contributed by atoms with Crippen molar-refractivity contribution in [1.29, 1.82) is 0 Å². The molecule has 2 amide bonds. The number of halogens is 2. The molecule has 0 aromatic heterocycles. The van der Waals surface area contributed by atoms with Crippen LogP contribution in [0.5, 0.6) is 5.75 Å². The van der Waals surface area contributed by atoms with Gasteiger partial charge in [-0.05, 0) is 68.3 Å². The van der Waals surface area contributed by atoms with Crippen LogP contribution in [-0.2, 0) is 26.2 Å². The van der Waals surface area contributed by atoms with E-state index in [1.165, 1.54) is 68.3 Å². The number of methoxy groups -OCH3 is 1. The molecule has 1 N–H and O–H groups in total. The standard InChI is InChI=1S/C29H32Cl2N4O7S/c1-5-14-32-29(37)20(3)33(17-21-7-8-22(30)15-26(21)31)28(36)18-34(23-9-11-24(42-4)12-10-23)43(40,41)25-13-6-19(2)27(16-25)35(38)39/h6-13,15-16,20H,5,14,17-18H2,1-4H3,(H,32,37). The highest BCUT2D eigenvalue weighted by Gasteiger charge is 2.33. The third-order valence-corrected chi connectivity index (χ3v) is 9.03. The van der Waals surface area contributed by atoms with Crippen LogP contribution < -0.4 is 14.4 Å². The van der Waals surface area contributed by atoms with E-state index in [-0.39, 0.29) is 33.4 Å². The first-order valence-corrected chi connectivity index (χ1v) is 15.4. The zero-order valence-corrected chi connectivity index (χ0v) is 26.4. The third-order valence-electron chi connectivity index (χ3n) is 6.68. The molecule has 0 fully saturated rings. The van der Waals surface area contributed by atoms with Gasteiger partial charge in [0.1, 0.15) is 18.3 Å². The molecule has 3 aromatic rings. The van der Waals surface area contributed by atoms with E-state index in [0.717, 1.165) is 10.4 Å². The Morgan fingerprint density at radius 2 is 1.74 bits per heavy atom. The van der Waals surface area contributed by atoms with Gasteiger partial charge in [-0.25, -0.2) is 8.42 Å². The summed E-state index contributed by atoms with van der Waals surface area (Å²) in [5, 5.41) is 15.0. The van der Waals surface area contributed by atoms with E-state index < -0.39 is 39.3 Å². The number of sulfonamides is 1. The molecule has 0 aliphatic carbocycles. The Kier molecular flexibility index (Phi) is 11.4. The van der Waals surface area contributed by atoms with Crippen molar-refractivity contribution >= 4 is 56.4 Å². The zero-order valence-electron chi connectivity index (χ0n) is 24.0. The predicted octanol–water partition coefficient (Wildman–Crippen LogP) is 5.36. The first-order valence-electron chi connectivity index (χ1n) is 13.2. The van der Waals surface area contributed by atoms with Crippen molar-refractivity contribution in [2.24, 2.45) is 0 Å². The number of rotatable bonds is 13. The normalized spacial score (nSPS) is 11.9. The van der Waals surface area contributed by atoms with Crippen molar-refractivity contribution in [1.82, 2.24) is 10.2 Å². The van der Waals surface area contributed by atoms with Gasteiger partial charge in [-0.1, -0.05) is 42.3 Å². The minimum Gasteiger partial charge on any atom is -0.497 e. The summed E-state index contributed by atoms with van der Waals surface area (Å²) in [4.78, 5) is 38.7. The van der Waals surface area contributed by atoms with Crippen LogP contribution in [0, 0.1) is 17.0 Å². The molecule has 0 aliphatic rings. The summed E-state index contributed by atoms with van der Waals surface area (Å²) in [7, 11) is -3.08. The Bertz CT molecular complexity index is 1600. The second-order valence-corrected chi connectivity index (χ2v) is 12.3. The number of nitro groups is 1. The Hall–Kier alpha value is -3.87. The fraction of sp³-hybridized carbons (Fsp3) is 0.310. The van der Waals surface area contributed by atoms with E-state index in [2.05, 4.69) is 5.32 Å². The summed E-state index contributed by atoms with van der Waals surface area (Å²) >= 11 is 12.4. The van der Waals surface area contributed by atoms with Crippen LogP contribution >= 0.6 is 23.2 Å². The highest BCUT2D eigenvalue weighted by molar-refractivity contribution is 7.92. The maximum Gasteiger partial charge on any atom is 0.273 e. The van der Waals surface area contributed by atoms with Gasteiger partial charge in [-0.15, -0.1) is 0 Å². The molecule has 0 saturated carbocycles. The maximum atomic E-state index is 14.0. The first-order chi connectivity index (χ1) is 20.3. The molecule has 0 saturated heterocycles. The molecule has 1 unspecified atom stereocenters. The number of nitrogens with one attached hydrogen (secondary N) is 1. The molecule has 0 radical (unpaired) electrons. The Labute approximate surface area is 260 Å². The molecule has 0 spiro atoms. The molecule has 14 heteroatoms. The highest BCUT2D eigenvalue weighted by Crippen LogP contribution is 2.30. The van der Waals surface area contributed by atoms with Gasteiger partial charge >= 0.3 is 0 Å². The minimum atomic E-state index is -4.53. The van der Waals surface area contributed by atoms with E-state index in [4.69, 9.17) is 27.9 Å². The molecule has 3 rings (SSSR count). The topological polar surface area (TPSA) is 139 Å². The fourth-order valence-electron chi connectivity index (χ4n) is 4.16. The number of hydrogen-bond donors (Lipinski definition) is 1. The summed E-state index contributed by atoms with van der Waals surface area (Å²) in [5.41, 5.74) is 0.476. The number of anilines is 1. The second kappa shape index (κ2) is 14.5. The number of hydrogen-bond acceptors (Lipinski definition) is 7. The molecule has 43 heavy (non-hydrogen) atoms. The van der Waals surface area contributed by atoms with E-state index in [9.17, 15) is 28.1 Å². The molecular formula is C29H32Cl2N4O7S.